The van der Waals surface area contributed by atoms with Crippen molar-refractivity contribution in [2.45, 2.75) is 144 Å². The van der Waals surface area contributed by atoms with Crippen molar-refractivity contribution in [1.29, 1.82) is 0 Å². The summed E-state index contributed by atoms with van der Waals surface area (Å²) in [7, 11) is -15.5. The van der Waals surface area contributed by atoms with Crippen LogP contribution in [0.1, 0.15) is 68.0 Å². The molecule has 1 amide bonds. The van der Waals surface area contributed by atoms with Crippen LogP contribution < -0.4 is 40.6 Å². The summed E-state index contributed by atoms with van der Waals surface area (Å²) in [5.41, 5.74) is 20.9. The van der Waals surface area contributed by atoms with E-state index in [1.165, 1.54) is 149 Å². The molecule has 0 saturated heterocycles. The van der Waals surface area contributed by atoms with E-state index in [0.717, 1.165) is 52.3 Å². The molecule has 35 nitrogen and oxygen atoms in total. The number of hydrogen-bond donors (Lipinski definition) is 14. The zero-order chi connectivity index (χ0) is 99.9. The summed E-state index contributed by atoms with van der Waals surface area (Å²) in [5, 5.41) is 56.3. The molecule has 0 spiro atoms. The van der Waals surface area contributed by atoms with Crippen molar-refractivity contribution in [2.75, 3.05) is 39.9 Å². The van der Waals surface area contributed by atoms with Crippen LogP contribution in [-0.2, 0) is 102 Å². The van der Waals surface area contributed by atoms with Crippen LogP contribution in [0.4, 0.5) is 11.4 Å². The Morgan fingerprint density at radius 3 is 0.742 bits per heavy atom. The number of ether oxygens (including phenoxy) is 4. The first-order valence-electron chi connectivity index (χ1n) is 37.9. The Labute approximate surface area is 800 Å². The fraction of sp³-hybridized carbons (Fsp3) is 0.253. The van der Waals surface area contributed by atoms with Crippen molar-refractivity contribution in [1.82, 2.24) is 29.1 Å². The van der Waals surface area contributed by atoms with Crippen molar-refractivity contribution in [3.05, 3.63) is 235 Å². The van der Waals surface area contributed by atoms with Crippen LogP contribution in [0.5, 0.6) is 0 Å². The number of nitrogens with two attached hydrogens (primary N) is 2. The maximum atomic E-state index is 12.4. The van der Waals surface area contributed by atoms with Gasteiger partial charge in [-0.1, -0.05) is 55.2 Å². The molecule has 0 fully saturated rings. The molecule has 0 aliphatic rings. The van der Waals surface area contributed by atoms with E-state index in [4.69, 9.17) is 33.8 Å². The second-order valence-corrected chi connectivity index (χ2v) is 46.5. The van der Waals surface area contributed by atoms with Gasteiger partial charge >= 0.3 is 23.9 Å². The Bertz CT molecular complexity index is 6210. The molecule has 45 heteroatoms. The maximum absolute atomic E-state index is 12.4. The lowest BCUT2D eigenvalue weighted by atomic mass is 10.2. The Hall–Kier alpha value is -10.7. The molecule has 0 radical (unpaired) electrons. The van der Waals surface area contributed by atoms with Gasteiger partial charge in [0.2, 0.25) is 50.1 Å². The Morgan fingerprint density at radius 2 is 0.545 bits per heavy atom. The SMILES string of the molecule is C#Cc1ccc(S(=O)(=O)N[C@H](C(=O)OC)[C@@H](C)O)cc1.COC(=O)[C@@H](NS(=O)(=O)c1ccc(C#CC#Cc2ccc(N)cc2)cc1)[C@@H](C)O.COC(=O)[C@@H](NS(=O)(=O)c1ccc(C#C[Si](C)(C)C)cc1)[C@@H](C)O.COC(=O)[C@@H](NS(=O)(=O)c1ccc(I)cc1)[C@@H](C)O.C[C@@H](O)[C@H](NS(=O)(=O)c1ccc(C#CC#Cc2ccc(N)cc2)cc1)C(=O)NO.O=S(=O)(Cl)c1ccc(I)cc1. The number of nitrogen functional groups attached to an aromatic ring is 2. The van der Waals surface area contributed by atoms with E-state index in [0.29, 0.717) is 28.1 Å². The Morgan fingerprint density at radius 1 is 0.348 bits per heavy atom. The number of carbonyl (C=O) groups is 5. The Kier molecular flexibility index (Phi) is 47.6. The number of anilines is 2. The van der Waals surface area contributed by atoms with Crippen LogP contribution in [0.25, 0.3) is 0 Å². The van der Waals surface area contributed by atoms with Gasteiger partial charge in [0.15, 0.2) is 0 Å². The highest BCUT2D eigenvalue weighted by Crippen LogP contribution is 2.21. The fourth-order valence-corrected chi connectivity index (χ4v) is 17.7. The summed E-state index contributed by atoms with van der Waals surface area (Å²) in [5.74, 6) is 23.0. The summed E-state index contributed by atoms with van der Waals surface area (Å²) >= 11 is 4.13. The van der Waals surface area contributed by atoms with Crippen molar-refractivity contribution in [3.8, 4) is 71.2 Å². The van der Waals surface area contributed by atoms with Crippen molar-refractivity contribution < 1.29 is 124 Å². The molecule has 0 aliphatic carbocycles. The number of terminal acetylenes is 1. The molecule has 706 valence electrons. The molecular weight excluding hydrogens is 2100 g/mol. The van der Waals surface area contributed by atoms with E-state index in [9.17, 15) is 100 Å². The molecule has 0 heterocycles. The van der Waals surface area contributed by atoms with Crippen LogP contribution in [0.3, 0.4) is 0 Å². The lowest BCUT2D eigenvalue weighted by Crippen LogP contribution is -2.51. The number of halogens is 3. The summed E-state index contributed by atoms with van der Waals surface area (Å²) in [4.78, 5) is 57.4. The third-order valence-corrected chi connectivity index (χ3v) is 27.4. The zero-order valence-electron chi connectivity index (χ0n) is 72.3. The second kappa shape index (κ2) is 54.5. The van der Waals surface area contributed by atoms with Crippen LogP contribution >= 0.6 is 55.9 Å². The molecule has 0 saturated carbocycles. The average molecular weight is 2190 g/mol. The molecule has 0 aliphatic heterocycles. The summed E-state index contributed by atoms with van der Waals surface area (Å²) in [6.07, 6.45) is -1.11. The molecular formula is C87H95ClI2N8O27S6Si. The quantitative estimate of drug-likeness (QED) is 0.00399. The summed E-state index contributed by atoms with van der Waals surface area (Å²) < 4.78 is 174. The van der Waals surface area contributed by atoms with Gasteiger partial charge in [-0.15, -0.1) is 12.0 Å². The van der Waals surface area contributed by atoms with Crippen LogP contribution in [0.15, 0.2) is 223 Å². The van der Waals surface area contributed by atoms with Gasteiger partial charge in [0.05, 0.1) is 88.3 Å². The molecule has 8 aromatic carbocycles. The monoisotopic (exact) mass is 2190 g/mol. The number of amides is 1. The summed E-state index contributed by atoms with van der Waals surface area (Å²) in [6.45, 7) is 12.7. The molecule has 16 N–H and O–H groups in total. The fourth-order valence-electron chi connectivity index (χ4n) is 9.40. The lowest BCUT2D eigenvalue weighted by molar-refractivity contribution is -0.146. The molecule has 8 aromatic rings. The topological polar surface area (TPSA) is 573 Å². The van der Waals surface area contributed by atoms with Crippen LogP contribution in [-0.4, -0.2) is 208 Å². The molecule has 132 heavy (non-hydrogen) atoms. The number of nitrogens with one attached hydrogen (secondary N) is 6. The number of benzene rings is 8. The highest BCUT2D eigenvalue weighted by Gasteiger charge is 2.35. The second-order valence-electron chi connectivity index (χ2n) is 28.1. The van der Waals surface area contributed by atoms with Crippen LogP contribution in [0, 0.1) is 78.3 Å². The van der Waals surface area contributed by atoms with Gasteiger partial charge in [0, 0.05) is 62.6 Å². The third-order valence-electron chi connectivity index (χ3n) is 16.4. The number of hydroxylamine groups is 1. The third kappa shape index (κ3) is 40.8. The minimum Gasteiger partial charge on any atom is -0.468 e. The maximum Gasteiger partial charge on any atom is 0.326 e. The van der Waals surface area contributed by atoms with E-state index in [1.54, 1.807) is 84.9 Å². The standard InChI is InChI=1S/C21H20N2O5S.C20H19N3O5S.C16H23NO5SSi.C13H15NO5S.C11H14INO5S.C6H4ClIO2S/c1-15(24)20(21(25)28-2)23-29(26,27)19-13-9-17(10-14-19)6-4-3-5-16-7-11-18(22)12-8-16;1-14(24)19(20(25)22-26)23-29(27,28)18-12-8-16(9-13-18)5-3-2-4-15-6-10-17(21)11-7-15;1-12(18)15(16(19)22-2)17-23(20,21)14-8-6-13(7-9-14)10-11-24(3,4)5;1-4-10-5-7-11(8-6-10)20(17,18)14-12(9(2)15)13(16)19-3;1-7(14)10(11(15)18-2)13-19(16,17)9-5-3-8(12)4-6-9;7-11(9,10)6-3-1-5(8)2-4-6/h7-15,20,23-24H,22H2,1-2H3;6-14,19,23-24,26H,21H2,1H3,(H,22,25);6-9,12,15,17-18H,1-5H3;1,5-9,12,14-15H,2-3H3;3-7,10,13-14H,1-2H3;1-4H/t15-,20+;14-,19+;12-,15+;9-,12+;7-,10+;/m11111./s1. The van der Waals surface area contributed by atoms with Crippen molar-refractivity contribution in [3.63, 3.8) is 0 Å². The van der Waals surface area contributed by atoms with Gasteiger partial charge in [0.1, 0.15) is 38.3 Å². The molecule has 10 atom stereocenters. The van der Waals surface area contributed by atoms with Gasteiger partial charge in [-0.05, 0) is 298 Å². The van der Waals surface area contributed by atoms with E-state index < -0.39 is 158 Å². The predicted octanol–water partition coefficient (Wildman–Crippen LogP) is 4.77. The number of rotatable bonds is 26. The minimum atomic E-state index is -4.11. The molecule has 0 unspecified atom stereocenters. The Balaban J connectivity index is 0.000000416. The lowest BCUT2D eigenvalue weighted by Gasteiger charge is -2.19. The highest BCUT2D eigenvalue weighted by atomic mass is 127. The van der Waals surface area contributed by atoms with Crippen molar-refractivity contribution >= 4 is 164 Å². The highest BCUT2D eigenvalue weighted by molar-refractivity contribution is 14.1. The number of esters is 4. The van der Waals surface area contributed by atoms with E-state index in [2.05, 4.69) is 145 Å². The number of carbonyl (C=O) groups excluding carboxylic acids is 5. The van der Waals surface area contributed by atoms with Gasteiger partial charge < -0.3 is 55.9 Å². The van der Waals surface area contributed by atoms with E-state index >= 15 is 0 Å². The number of hydrogen-bond acceptors (Lipinski definition) is 29. The molecule has 0 aromatic heterocycles. The van der Waals surface area contributed by atoms with E-state index in [1.807, 2.05) is 27.3 Å². The van der Waals surface area contributed by atoms with E-state index in [-0.39, 0.29) is 29.4 Å². The predicted molar refractivity (Wildman–Crippen MR) is 511 cm³/mol. The van der Waals surface area contributed by atoms with Gasteiger partial charge in [-0.3, -0.25) is 29.2 Å². The first-order chi connectivity index (χ1) is 61.5. The first-order valence-corrected chi connectivity index (χ1v) is 53.3. The van der Waals surface area contributed by atoms with Gasteiger partial charge in [0.25, 0.3) is 15.0 Å². The normalized spacial score (nSPS) is 13.3. The largest absolute Gasteiger partial charge is 0.468 e. The number of sulfonamides is 5. The summed E-state index contributed by atoms with van der Waals surface area (Å²) in [6, 6.07) is 42.3. The number of methoxy groups -OCH3 is 4. The smallest absolute Gasteiger partial charge is 0.326 e. The number of aliphatic hydroxyl groups excluding tert-OH is 5. The van der Waals surface area contributed by atoms with Crippen LogP contribution in [0.2, 0.25) is 19.6 Å². The van der Waals surface area contributed by atoms with Gasteiger partial charge in [-0.2, -0.15) is 23.6 Å². The number of aliphatic hydroxyl groups is 5. The van der Waals surface area contributed by atoms with Gasteiger partial charge in [-0.25, -0.2) is 56.0 Å². The average Bonchev–Trinajstić information content (AvgIpc) is 0.833. The minimum absolute atomic E-state index is 0.0162. The molecule has 0 bridgehead atoms. The zero-order valence-corrected chi connectivity index (χ0v) is 83.3. The first kappa shape index (κ1) is 115. The van der Waals surface area contributed by atoms with Crippen molar-refractivity contribution in [2.24, 2.45) is 0 Å². The molecule has 8 rings (SSSR count).